The summed E-state index contributed by atoms with van der Waals surface area (Å²) >= 11 is 0. The van der Waals surface area contributed by atoms with Crippen LogP contribution in [0, 0.1) is 13.8 Å². The molecule has 1 aromatic heterocycles. The van der Waals surface area contributed by atoms with E-state index in [4.69, 9.17) is 14.7 Å². The topological polar surface area (TPSA) is 125 Å². The summed E-state index contributed by atoms with van der Waals surface area (Å²) in [6.45, 7) is 3.86. The standard InChI is InChI=1S/C11H17N3O5/c1-6-8(7(2)19-14-6)5-13-11(18)12-4-3-9(15)10(16)17/h9,15H,3-5H2,1-2H3,(H,16,17)(H2,12,13,18)/t9-/m0/s1. The summed E-state index contributed by atoms with van der Waals surface area (Å²) < 4.78 is 4.95. The highest BCUT2D eigenvalue weighted by molar-refractivity contribution is 5.74. The molecular weight excluding hydrogens is 254 g/mol. The number of carbonyl (C=O) groups is 2. The van der Waals surface area contributed by atoms with Crippen LogP contribution in [-0.2, 0) is 11.3 Å². The highest BCUT2D eigenvalue weighted by Crippen LogP contribution is 2.11. The van der Waals surface area contributed by atoms with Crippen LogP contribution in [-0.4, -0.2) is 40.0 Å². The Labute approximate surface area is 109 Å². The van der Waals surface area contributed by atoms with Crippen LogP contribution >= 0.6 is 0 Å². The molecular formula is C11H17N3O5. The highest BCUT2D eigenvalue weighted by atomic mass is 16.5. The molecule has 2 amide bonds. The normalized spacial score (nSPS) is 11.9. The smallest absolute Gasteiger partial charge is 0.332 e. The number of hydrogen-bond acceptors (Lipinski definition) is 5. The molecule has 0 bridgehead atoms. The highest BCUT2D eigenvalue weighted by Gasteiger charge is 2.13. The molecule has 0 aliphatic rings. The summed E-state index contributed by atoms with van der Waals surface area (Å²) in [5.41, 5.74) is 1.51. The van der Waals surface area contributed by atoms with Crippen molar-refractivity contribution in [2.45, 2.75) is 32.9 Å². The Balaban J connectivity index is 2.27. The van der Waals surface area contributed by atoms with E-state index in [-0.39, 0.29) is 19.5 Å². The van der Waals surface area contributed by atoms with E-state index in [2.05, 4.69) is 15.8 Å². The number of urea groups is 1. The van der Waals surface area contributed by atoms with Gasteiger partial charge in [-0.05, 0) is 13.8 Å². The largest absolute Gasteiger partial charge is 0.479 e. The summed E-state index contributed by atoms with van der Waals surface area (Å²) in [6.07, 6.45) is -1.52. The molecule has 0 radical (unpaired) electrons. The second-order valence-corrected chi connectivity index (χ2v) is 4.05. The number of aryl methyl sites for hydroxylation is 2. The van der Waals surface area contributed by atoms with E-state index in [0.29, 0.717) is 11.5 Å². The van der Waals surface area contributed by atoms with Gasteiger partial charge in [0.15, 0.2) is 6.10 Å². The molecule has 8 nitrogen and oxygen atoms in total. The first-order valence-electron chi connectivity index (χ1n) is 5.76. The Hall–Kier alpha value is -2.09. The molecule has 106 valence electrons. The second kappa shape index (κ2) is 6.74. The first kappa shape index (κ1) is 15.0. The van der Waals surface area contributed by atoms with Crippen LogP contribution in [0.15, 0.2) is 4.52 Å². The molecule has 0 saturated heterocycles. The molecule has 0 aromatic carbocycles. The third-order valence-corrected chi connectivity index (χ3v) is 2.60. The average Bonchev–Trinajstić information content (AvgIpc) is 2.66. The van der Waals surface area contributed by atoms with E-state index in [1.165, 1.54) is 0 Å². The van der Waals surface area contributed by atoms with Crippen LogP contribution in [0.2, 0.25) is 0 Å². The zero-order chi connectivity index (χ0) is 14.4. The maximum absolute atomic E-state index is 11.4. The number of nitrogens with zero attached hydrogens (tertiary/aromatic N) is 1. The molecule has 0 saturated carbocycles. The Morgan fingerprint density at radius 1 is 1.37 bits per heavy atom. The Bertz CT molecular complexity index is 438. The van der Waals surface area contributed by atoms with Crippen LogP contribution in [0.1, 0.15) is 23.4 Å². The summed E-state index contributed by atoms with van der Waals surface area (Å²) in [5, 5.41) is 26.2. The fraction of sp³-hybridized carbons (Fsp3) is 0.545. The fourth-order valence-electron chi connectivity index (χ4n) is 1.43. The molecule has 0 aliphatic carbocycles. The number of rotatable bonds is 6. The van der Waals surface area contributed by atoms with E-state index >= 15 is 0 Å². The van der Waals surface area contributed by atoms with Gasteiger partial charge < -0.3 is 25.4 Å². The molecule has 0 aliphatic heterocycles. The number of carboxylic acid groups (broad SMARTS) is 1. The Morgan fingerprint density at radius 2 is 2.05 bits per heavy atom. The zero-order valence-corrected chi connectivity index (χ0v) is 10.8. The van der Waals surface area contributed by atoms with Crippen LogP contribution in [0.5, 0.6) is 0 Å². The number of aliphatic hydroxyl groups excluding tert-OH is 1. The molecule has 1 aromatic rings. The average molecular weight is 271 g/mol. The van der Waals surface area contributed by atoms with Crippen molar-refractivity contribution in [3.63, 3.8) is 0 Å². The van der Waals surface area contributed by atoms with Gasteiger partial charge in [-0.15, -0.1) is 0 Å². The van der Waals surface area contributed by atoms with E-state index < -0.39 is 18.1 Å². The number of hydrogen-bond donors (Lipinski definition) is 4. The van der Waals surface area contributed by atoms with Gasteiger partial charge in [0.25, 0.3) is 0 Å². The van der Waals surface area contributed by atoms with Gasteiger partial charge >= 0.3 is 12.0 Å². The molecule has 0 spiro atoms. The minimum Gasteiger partial charge on any atom is -0.479 e. The molecule has 1 heterocycles. The lowest BCUT2D eigenvalue weighted by Crippen LogP contribution is -2.37. The molecule has 4 N–H and O–H groups in total. The third-order valence-electron chi connectivity index (χ3n) is 2.60. The molecule has 0 unspecified atom stereocenters. The number of aliphatic hydroxyl groups is 1. The van der Waals surface area contributed by atoms with Crippen molar-refractivity contribution in [1.82, 2.24) is 15.8 Å². The van der Waals surface area contributed by atoms with Crippen LogP contribution in [0.25, 0.3) is 0 Å². The van der Waals surface area contributed by atoms with Gasteiger partial charge in [-0.25, -0.2) is 9.59 Å². The van der Waals surface area contributed by atoms with Crippen LogP contribution < -0.4 is 10.6 Å². The number of nitrogens with one attached hydrogen (secondary N) is 2. The third kappa shape index (κ3) is 4.59. The lowest BCUT2D eigenvalue weighted by Gasteiger charge is -2.08. The van der Waals surface area contributed by atoms with Crippen molar-refractivity contribution in [1.29, 1.82) is 0 Å². The minimum atomic E-state index is -1.47. The monoisotopic (exact) mass is 271 g/mol. The second-order valence-electron chi connectivity index (χ2n) is 4.05. The number of aliphatic carboxylic acids is 1. The fourth-order valence-corrected chi connectivity index (χ4v) is 1.43. The van der Waals surface area contributed by atoms with E-state index in [0.717, 1.165) is 5.56 Å². The summed E-state index contributed by atoms with van der Waals surface area (Å²) in [6, 6.07) is -0.447. The van der Waals surface area contributed by atoms with Gasteiger partial charge in [-0.3, -0.25) is 0 Å². The van der Waals surface area contributed by atoms with Crippen LogP contribution in [0.4, 0.5) is 4.79 Å². The maximum atomic E-state index is 11.4. The van der Waals surface area contributed by atoms with Gasteiger partial charge in [0.2, 0.25) is 0 Å². The SMILES string of the molecule is Cc1noc(C)c1CNC(=O)NCC[C@H](O)C(=O)O. The van der Waals surface area contributed by atoms with Gasteiger partial charge in [0.1, 0.15) is 5.76 Å². The van der Waals surface area contributed by atoms with Gasteiger partial charge in [0, 0.05) is 25.1 Å². The number of carboxylic acids is 1. The summed E-state index contributed by atoms with van der Waals surface area (Å²) in [7, 11) is 0. The van der Waals surface area contributed by atoms with E-state index in [9.17, 15) is 9.59 Å². The van der Waals surface area contributed by atoms with Crippen molar-refractivity contribution in [3.05, 3.63) is 17.0 Å². The first-order chi connectivity index (χ1) is 8.91. The Morgan fingerprint density at radius 3 is 2.58 bits per heavy atom. The maximum Gasteiger partial charge on any atom is 0.332 e. The number of amides is 2. The summed E-state index contributed by atoms with van der Waals surface area (Å²) in [5.74, 6) is -0.669. The zero-order valence-electron chi connectivity index (χ0n) is 10.8. The number of aromatic nitrogens is 1. The van der Waals surface area contributed by atoms with Crippen molar-refractivity contribution >= 4 is 12.0 Å². The number of carbonyl (C=O) groups excluding carboxylic acids is 1. The molecule has 0 fully saturated rings. The first-order valence-corrected chi connectivity index (χ1v) is 5.76. The van der Waals surface area contributed by atoms with E-state index in [1.807, 2.05) is 0 Å². The molecule has 8 heteroatoms. The molecule has 19 heavy (non-hydrogen) atoms. The lowest BCUT2D eigenvalue weighted by atomic mass is 10.2. The van der Waals surface area contributed by atoms with E-state index in [1.54, 1.807) is 13.8 Å². The van der Waals surface area contributed by atoms with Crippen molar-refractivity contribution < 1.29 is 24.3 Å². The predicted octanol–water partition coefficient (Wildman–Crippen LogP) is -0.0738. The van der Waals surface area contributed by atoms with Crippen LogP contribution in [0.3, 0.4) is 0 Å². The Kier molecular flexibility index (Phi) is 5.31. The molecule has 1 atom stereocenters. The van der Waals surface area contributed by atoms with Gasteiger partial charge in [-0.1, -0.05) is 5.16 Å². The van der Waals surface area contributed by atoms with Crippen molar-refractivity contribution in [3.8, 4) is 0 Å². The predicted molar refractivity (Wildman–Crippen MR) is 64.5 cm³/mol. The summed E-state index contributed by atoms with van der Waals surface area (Å²) in [4.78, 5) is 21.7. The minimum absolute atomic E-state index is 0.0475. The van der Waals surface area contributed by atoms with Gasteiger partial charge in [0.05, 0.1) is 5.69 Å². The molecule has 1 rings (SSSR count). The lowest BCUT2D eigenvalue weighted by molar-refractivity contribution is -0.146. The quantitative estimate of drug-likeness (QED) is 0.574. The van der Waals surface area contributed by atoms with Crippen molar-refractivity contribution in [2.24, 2.45) is 0 Å². The van der Waals surface area contributed by atoms with Gasteiger partial charge in [-0.2, -0.15) is 0 Å². The van der Waals surface area contributed by atoms with Crippen molar-refractivity contribution in [2.75, 3.05) is 6.54 Å².